The number of azo groups is 1. The van der Waals surface area contributed by atoms with Gasteiger partial charge in [-0.1, -0.05) is 0 Å². The van der Waals surface area contributed by atoms with Crippen LogP contribution in [0.25, 0.3) is 0 Å². The summed E-state index contributed by atoms with van der Waals surface area (Å²) >= 11 is 0. The number of carbonyl (C=O) groups is 2. The number of amides is 1. The predicted molar refractivity (Wildman–Crippen MR) is 34.7 cm³/mol. The molecule has 58 valence electrons. The van der Waals surface area contributed by atoms with E-state index in [1.165, 1.54) is 6.08 Å². The molecule has 0 aromatic rings. The van der Waals surface area contributed by atoms with Crippen LogP contribution in [0.1, 0.15) is 6.92 Å². The molecule has 0 saturated carbocycles. The maximum atomic E-state index is 10.7. The minimum Gasteiger partial charge on any atom is -0.480 e. The summed E-state index contributed by atoms with van der Waals surface area (Å²) in [6.07, 6.45) is 1.28. The van der Waals surface area contributed by atoms with Crippen molar-refractivity contribution in [3.63, 3.8) is 0 Å². The first kappa shape index (κ1) is 7.59. The lowest BCUT2D eigenvalue weighted by Gasteiger charge is -2.05. The molecule has 5 heteroatoms. The average Bonchev–Trinajstić information content (AvgIpc) is 1.94. The van der Waals surface area contributed by atoms with E-state index in [1.807, 2.05) is 0 Å². The zero-order valence-corrected chi connectivity index (χ0v) is 5.81. The highest BCUT2D eigenvalue weighted by Crippen LogP contribution is 2.13. The fourth-order valence-electron chi connectivity index (χ4n) is 0.713. The first-order chi connectivity index (χ1) is 5.11. The quantitative estimate of drug-likeness (QED) is 0.561. The molecule has 0 bridgehead atoms. The number of nitrogens with zero attached hydrogens (tertiary/aromatic N) is 2. The fraction of sp³-hybridized carbons (Fsp3) is 0.333. The highest BCUT2D eigenvalue weighted by atomic mass is 16.4. The molecule has 0 aromatic heterocycles. The topological polar surface area (TPSA) is 79.1 Å². The van der Waals surface area contributed by atoms with Crippen molar-refractivity contribution in [1.29, 1.82) is 0 Å². The molecule has 0 fully saturated rings. The first-order valence-electron chi connectivity index (χ1n) is 2.98. The van der Waals surface area contributed by atoms with Gasteiger partial charge in [0.1, 0.15) is 0 Å². The molecule has 1 aliphatic heterocycles. The van der Waals surface area contributed by atoms with Crippen LogP contribution in [0, 0.1) is 5.92 Å². The molecule has 1 amide bonds. The molecule has 1 heterocycles. The third-order valence-electron chi connectivity index (χ3n) is 1.25. The number of aliphatic carboxylic acids is 1. The van der Waals surface area contributed by atoms with Gasteiger partial charge in [-0.3, -0.25) is 9.59 Å². The molecule has 1 atom stereocenters. The van der Waals surface area contributed by atoms with Gasteiger partial charge in [0.25, 0.3) is 5.91 Å². The molecule has 0 saturated heterocycles. The number of carboxylic acids is 1. The lowest BCUT2D eigenvalue weighted by atomic mass is 10.1. The Balaban J connectivity index is 2.90. The molecular formula is C6H6N2O3. The second-order valence-corrected chi connectivity index (χ2v) is 2.16. The van der Waals surface area contributed by atoms with Gasteiger partial charge in [0, 0.05) is 0 Å². The molecule has 11 heavy (non-hydrogen) atoms. The highest BCUT2D eigenvalue weighted by Gasteiger charge is 2.26. The Morgan fingerprint density at radius 3 is 2.73 bits per heavy atom. The lowest BCUT2D eigenvalue weighted by Crippen LogP contribution is -2.21. The minimum absolute atomic E-state index is 0.456. The molecule has 1 N–H and O–H groups in total. The summed E-state index contributed by atoms with van der Waals surface area (Å²) < 4.78 is 0. The monoisotopic (exact) mass is 154 g/mol. The van der Waals surface area contributed by atoms with Crippen LogP contribution < -0.4 is 0 Å². The Labute approximate surface area is 62.4 Å². The predicted octanol–water partition coefficient (Wildman–Crippen LogP) is 0.583. The van der Waals surface area contributed by atoms with E-state index in [-0.39, 0.29) is 0 Å². The van der Waals surface area contributed by atoms with Crippen molar-refractivity contribution in [1.82, 2.24) is 0 Å². The summed E-state index contributed by atoms with van der Waals surface area (Å²) in [6.45, 7) is 1.59. The van der Waals surface area contributed by atoms with E-state index in [0.29, 0.717) is 5.70 Å². The van der Waals surface area contributed by atoms with Gasteiger partial charge < -0.3 is 5.11 Å². The Morgan fingerprint density at radius 1 is 1.64 bits per heavy atom. The van der Waals surface area contributed by atoms with E-state index in [9.17, 15) is 9.59 Å². The van der Waals surface area contributed by atoms with Crippen molar-refractivity contribution in [2.24, 2.45) is 16.1 Å². The fourth-order valence-corrected chi connectivity index (χ4v) is 0.713. The minimum atomic E-state index is -1.19. The molecule has 0 radical (unpaired) electrons. The van der Waals surface area contributed by atoms with E-state index in [0.717, 1.165) is 0 Å². The lowest BCUT2D eigenvalue weighted by molar-refractivity contribution is -0.144. The molecule has 1 unspecified atom stereocenters. The van der Waals surface area contributed by atoms with Gasteiger partial charge in [-0.25, -0.2) is 0 Å². The number of hydrogen-bond donors (Lipinski definition) is 1. The number of carbonyl (C=O) groups excluding carboxylic acids is 1. The number of carboxylic acid groups (broad SMARTS) is 1. The Kier molecular flexibility index (Phi) is 1.80. The maximum absolute atomic E-state index is 10.7. The van der Waals surface area contributed by atoms with Gasteiger partial charge in [0.2, 0.25) is 0 Å². The van der Waals surface area contributed by atoms with Crippen LogP contribution in [-0.4, -0.2) is 17.0 Å². The Bertz CT molecular complexity index is 267. The summed E-state index contributed by atoms with van der Waals surface area (Å²) in [4.78, 5) is 21.0. The zero-order valence-electron chi connectivity index (χ0n) is 5.81. The normalized spacial score (nSPS) is 23.2. The standard InChI is InChI=1S/C6H6N2O3/c1-3-2-4(6(10)11)5(9)8-7-3/h2,4H,1H3,(H,10,11). The van der Waals surface area contributed by atoms with Gasteiger partial charge >= 0.3 is 5.97 Å². The van der Waals surface area contributed by atoms with Crippen LogP contribution in [0.15, 0.2) is 22.0 Å². The molecule has 5 nitrogen and oxygen atoms in total. The Hall–Kier alpha value is -1.52. The second-order valence-electron chi connectivity index (χ2n) is 2.16. The molecule has 1 rings (SSSR count). The number of hydrogen-bond acceptors (Lipinski definition) is 3. The van der Waals surface area contributed by atoms with Gasteiger partial charge in [-0.05, 0) is 13.0 Å². The summed E-state index contributed by atoms with van der Waals surface area (Å²) in [5.74, 6) is -3.05. The van der Waals surface area contributed by atoms with E-state index in [2.05, 4.69) is 10.2 Å². The molecule has 0 aliphatic carbocycles. The van der Waals surface area contributed by atoms with Crippen LogP contribution in [0.4, 0.5) is 0 Å². The van der Waals surface area contributed by atoms with Crippen LogP contribution in [0.2, 0.25) is 0 Å². The summed E-state index contributed by atoms with van der Waals surface area (Å²) in [5, 5.41) is 15.0. The third kappa shape index (κ3) is 1.49. The molecule has 1 aliphatic rings. The van der Waals surface area contributed by atoms with E-state index < -0.39 is 17.8 Å². The van der Waals surface area contributed by atoms with Crippen LogP contribution >= 0.6 is 0 Å². The smallest absolute Gasteiger partial charge is 0.320 e. The average molecular weight is 154 g/mol. The van der Waals surface area contributed by atoms with Gasteiger partial charge in [0.05, 0.1) is 5.70 Å². The van der Waals surface area contributed by atoms with Crippen molar-refractivity contribution in [3.8, 4) is 0 Å². The van der Waals surface area contributed by atoms with Gasteiger partial charge in [-0.15, -0.1) is 5.11 Å². The largest absolute Gasteiger partial charge is 0.480 e. The van der Waals surface area contributed by atoms with E-state index in [4.69, 9.17) is 5.11 Å². The van der Waals surface area contributed by atoms with E-state index >= 15 is 0 Å². The van der Waals surface area contributed by atoms with Crippen molar-refractivity contribution in [2.45, 2.75) is 6.92 Å². The first-order valence-corrected chi connectivity index (χ1v) is 2.98. The van der Waals surface area contributed by atoms with Crippen molar-refractivity contribution in [2.75, 3.05) is 0 Å². The van der Waals surface area contributed by atoms with Gasteiger partial charge in [0.15, 0.2) is 5.92 Å². The van der Waals surface area contributed by atoms with Crippen LogP contribution in [-0.2, 0) is 9.59 Å². The number of rotatable bonds is 1. The second kappa shape index (κ2) is 2.61. The SMILES string of the molecule is CC1=CC(C(=O)O)C(=O)N=N1. The molecule has 0 spiro atoms. The van der Waals surface area contributed by atoms with Crippen LogP contribution in [0.5, 0.6) is 0 Å². The molecule has 0 aromatic carbocycles. The highest BCUT2D eigenvalue weighted by molar-refractivity contribution is 5.99. The summed E-state index contributed by atoms with van der Waals surface area (Å²) in [5.41, 5.74) is 0.456. The van der Waals surface area contributed by atoms with Gasteiger partial charge in [-0.2, -0.15) is 5.11 Å². The zero-order chi connectivity index (χ0) is 8.43. The van der Waals surface area contributed by atoms with Crippen molar-refractivity contribution in [3.05, 3.63) is 11.8 Å². The van der Waals surface area contributed by atoms with Crippen LogP contribution in [0.3, 0.4) is 0 Å². The van der Waals surface area contributed by atoms with Crippen molar-refractivity contribution >= 4 is 11.9 Å². The summed E-state index contributed by atoms with van der Waals surface area (Å²) in [6, 6.07) is 0. The third-order valence-corrected chi connectivity index (χ3v) is 1.25. The van der Waals surface area contributed by atoms with E-state index in [1.54, 1.807) is 6.92 Å². The molecular weight excluding hydrogens is 148 g/mol. The maximum Gasteiger partial charge on any atom is 0.320 e. The van der Waals surface area contributed by atoms with Crippen molar-refractivity contribution < 1.29 is 14.7 Å². The summed E-state index contributed by atoms with van der Waals surface area (Å²) in [7, 11) is 0. The number of allylic oxidation sites excluding steroid dienone is 1. The Morgan fingerprint density at radius 2 is 2.27 bits per heavy atom.